The fourth-order valence-electron chi connectivity index (χ4n) is 12.7. The van der Waals surface area contributed by atoms with Crippen molar-refractivity contribution in [2.75, 3.05) is 19.8 Å². The van der Waals surface area contributed by atoms with E-state index in [4.69, 9.17) is 14.2 Å². The number of hydrogen-bond donors (Lipinski definition) is 6. The van der Waals surface area contributed by atoms with Crippen molar-refractivity contribution in [3.63, 3.8) is 0 Å². The van der Waals surface area contributed by atoms with Crippen molar-refractivity contribution >= 4 is 11.9 Å². The molecule has 1 amide bonds. The first-order valence-electron chi connectivity index (χ1n) is 39.8. The van der Waals surface area contributed by atoms with Crippen molar-refractivity contribution in [3.05, 3.63) is 36.5 Å². The van der Waals surface area contributed by atoms with Crippen molar-refractivity contribution in [3.8, 4) is 0 Å². The Morgan fingerprint density at radius 3 is 1.07 bits per heavy atom. The van der Waals surface area contributed by atoms with Crippen molar-refractivity contribution in [1.29, 1.82) is 0 Å². The van der Waals surface area contributed by atoms with E-state index < -0.39 is 49.5 Å². The number of unbranched alkanes of at least 4 members (excludes halogenated alkanes) is 53. The highest BCUT2D eigenvalue weighted by molar-refractivity contribution is 5.76. The largest absolute Gasteiger partial charge is 0.466 e. The average molecular weight is 1290 g/mol. The topological polar surface area (TPSA) is 175 Å². The maximum Gasteiger partial charge on any atom is 0.305 e. The van der Waals surface area contributed by atoms with Crippen LogP contribution in [0.5, 0.6) is 0 Å². The third-order valence-electron chi connectivity index (χ3n) is 19.0. The highest BCUT2D eigenvalue weighted by atomic mass is 16.7. The Bertz CT molecular complexity index is 1610. The average Bonchev–Trinajstić information content (AvgIpc) is 1.26. The minimum absolute atomic E-state index is 0.00792. The quantitative estimate of drug-likeness (QED) is 0.0195. The molecule has 7 unspecified atom stereocenters. The fraction of sp³-hybridized carbons (Fsp3) is 0.900. The summed E-state index contributed by atoms with van der Waals surface area (Å²) in [6.45, 7) is 4.36. The summed E-state index contributed by atoms with van der Waals surface area (Å²) in [5, 5.41) is 54.5. The van der Waals surface area contributed by atoms with Gasteiger partial charge in [0.25, 0.3) is 0 Å². The minimum Gasteiger partial charge on any atom is -0.466 e. The number of carbonyl (C=O) groups is 2. The van der Waals surface area contributed by atoms with Crippen molar-refractivity contribution in [2.24, 2.45) is 0 Å². The number of esters is 1. The zero-order valence-electron chi connectivity index (χ0n) is 59.8. The summed E-state index contributed by atoms with van der Waals surface area (Å²) in [6.07, 6.45) is 80.4. The van der Waals surface area contributed by atoms with E-state index in [1.807, 2.05) is 6.08 Å². The molecule has 0 aromatic heterocycles. The molecule has 1 aliphatic rings. The third-order valence-corrected chi connectivity index (χ3v) is 19.0. The van der Waals surface area contributed by atoms with E-state index in [1.165, 1.54) is 315 Å². The van der Waals surface area contributed by atoms with Crippen LogP contribution >= 0.6 is 0 Å². The first-order chi connectivity index (χ1) is 44.7. The van der Waals surface area contributed by atoms with Crippen LogP contribution in [0.25, 0.3) is 0 Å². The Morgan fingerprint density at radius 1 is 0.396 bits per heavy atom. The van der Waals surface area contributed by atoms with Crippen LogP contribution < -0.4 is 5.32 Å². The standard InChI is InChI=1S/C80H151NO10/c1-3-5-7-9-11-13-15-43-48-52-56-60-64-68-76(85)89-69-65-61-57-53-49-45-42-40-38-36-34-32-30-28-26-24-22-20-18-16-17-19-21-23-25-27-29-31-33-35-37-39-41-44-47-51-55-59-63-67-75(84)81-72(71-90-80-79(88)78(87)77(86)74(70-82)91-80)73(83)66-62-58-54-50-46-14-12-10-8-6-4-2/h13,15-17,62,66,72-74,77-80,82-83,86-88H,3-12,14,18-61,63-65,67-71H2,1-2H3,(H,81,84)/b15-13-,17-16-,66-62+. The van der Waals surface area contributed by atoms with Crippen LogP contribution in [0.1, 0.15) is 399 Å². The molecule has 0 aromatic rings. The maximum absolute atomic E-state index is 13.1. The molecule has 7 atom stereocenters. The smallest absolute Gasteiger partial charge is 0.305 e. The van der Waals surface area contributed by atoms with E-state index >= 15 is 0 Å². The fourth-order valence-corrected chi connectivity index (χ4v) is 12.7. The van der Waals surface area contributed by atoms with Gasteiger partial charge in [-0.3, -0.25) is 9.59 Å². The number of amides is 1. The molecule has 0 radical (unpaired) electrons. The van der Waals surface area contributed by atoms with Gasteiger partial charge in [0.2, 0.25) is 5.91 Å². The Kier molecular flexibility index (Phi) is 66.1. The van der Waals surface area contributed by atoms with Gasteiger partial charge >= 0.3 is 5.97 Å². The second-order valence-corrected chi connectivity index (χ2v) is 27.8. The lowest BCUT2D eigenvalue weighted by atomic mass is 9.99. The molecule has 6 N–H and O–H groups in total. The van der Waals surface area contributed by atoms with Crippen molar-refractivity contribution in [2.45, 2.75) is 442 Å². The molecule has 11 heteroatoms. The third kappa shape index (κ3) is 57.8. The summed E-state index contributed by atoms with van der Waals surface area (Å²) in [6, 6.07) is -0.806. The monoisotopic (exact) mass is 1290 g/mol. The molecule has 91 heavy (non-hydrogen) atoms. The molecule has 1 rings (SSSR count). The van der Waals surface area contributed by atoms with E-state index in [2.05, 4.69) is 43.5 Å². The molecule has 0 aromatic carbocycles. The van der Waals surface area contributed by atoms with Crippen LogP contribution in [0, 0.1) is 0 Å². The van der Waals surface area contributed by atoms with Gasteiger partial charge in [-0.15, -0.1) is 0 Å². The summed E-state index contributed by atoms with van der Waals surface area (Å²) in [7, 11) is 0. The Labute approximate surface area is 562 Å². The Hall–Kier alpha value is -2.12. The van der Waals surface area contributed by atoms with Gasteiger partial charge in [-0.2, -0.15) is 0 Å². The molecule has 11 nitrogen and oxygen atoms in total. The van der Waals surface area contributed by atoms with Gasteiger partial charge in [0.05, 0.1) is 32.0 Å². The molecule has 0 spiro atoms. The second kappa shape index (κ2) is 69.2. The van der Waals surface area contributed by atoms with E-state index in [0.717, 1.165) is 57.8 Å². The first kappa shape index (κ1) is 86.9. The number of aliphatic hydroxyl groups is 5. The number of allylic oxidation sites excluding steroid dienone is 5. The van der Waals surface area contributed by atoms with Gasteiger partial charge in [-0.1, -0.05) is 339 Å². The van der Waals surface area contributed by atoms with Gasteiger partial charge in [-0.25, -0.2) is 0 Å². The van der Waals surface area contributed by atoms with Gasteiger partial charge < -0.3 is 45.1 Å². The molecule has 1 fully saturated rings. The van der Waals surface area contributed by atoms with Gasteiger partial charge in [0, 0.05) is 12.8 Å². The maximum atomic E-state index is 13.1. The van der Waals surface area contributed by atoms with Crippen LogP contribution in [-0.4, -0.2) is 100 Å². The number of ether oxygens (including phenoxy) is 3. The van der Waals surface area contributed by atoms with Crippen LogP contribution in [0.2, 0.25) is 0 Å². The number of nitrogens with one attached hydrogen (secondary N) is 1. The highest BCUT2D eigenvalue weighted by Gasteiger charge is 2.44. The van der Waals surface area contributed by atoms with Crippen molar-refractivity contribution in [1.82, 2.24) is 5.32 Å². The van der Waals surface area contributed by atoms with E-state index in [9.17, 15) is 35.1 Å². The number of aliphatic hydroxyl groups excluding tert-OH is 5. The zero-order chi connectivity index (χ0) is 65.8. The van der Waals surface area contributed by atoms with Crippen molar-refractivity contribution < 1.29 is 49.3 Å². The van der Waals surface area contributed by atoms with E-state index in [1.54, 1.807) is 6.08 Å². The summed E-state index contributed by atoms with van der Waals surface area (Å²) < 4.78 is 16.7. The molecule has 0 bridgehead atoms. The molecular formula is C80H151NO10. The zero-order valence-corrected chi connectivity index (χ0v) is 59.8. The molecule has 1 saturated heterocycles. The summed E-state index contributed by atoms with van der Waals surface area (Å²) >= 11 is 0. The normalized spacial score (nSPS) is 17.7. The lowest BCUT2D eigenvalue weighted by molar-refractivity contribution is -0.302. The highest BCUT2D eigenvalue weighted by Crippen LogP contribution is 2.24. The van der Waals surface area contributed by atoms with E-state index in [-0.39, 0.29) is 18.5 Å². The molecule has 1 heterocycles. The lowest BCUT2D eigenvalue weighted by Gasteiger charge is -2.40. The Balaban J connectivity index is 1.87. The van der Waals surface area contributed by atoms with Gasteiger partial charge in [-0.05, 0) is 83.5 Å². The minimum atomic E-state index is -1.57. The SMILES string of the molecule is CCCCCC/C=C\CCCCCCCC(=O)OCCCCCCCCCCCCCCCCCCCC/C=C\CCCCCCCCCCCCCCCCCCCC(=O)NC(COC1OC(CO)C(O)C(O)C1O)C(O)/C=C/CCCCCCCCCCC. The molecular weight excluding hydrogens is 1130 g/mol. The number of rotatable bonds is 71. The number of hydrogen-bond acceptors (Lipinski definition) is 10. The summed E-state index contributed by atoms with van der Waals surface area (Å²) in [5.74, 6) is -0.168. The first-order valence-corrected chi connectivity index (χ1v) is 39.8. The van der Waals surface area contributed by atoms with Gasteiger partial charge in [0.15, 0.2) is 6.29 Å². The molecule has 0 saturated carbocycles. The van der Waals surface area contributed by atoms with Crippen LogP contribution in [0.4, 0.5) is 0 Å². The molecule has 536 valence electrons. The van der Waals surface area contributed by atoms with Crippen LogP contribution in [-0.2, 0) is 23.8 Å². The lowest BCUT2D eigenvalue weighted by Crippen LogP contribution is -2.60. The predicted molar refractivity (Wildman–Crippen MR) is 384 cm³/mol. The number of carbonyl (C=O) groups excluding carboxylic acids is 2. The van der Waals surface area contributed by atoms with Gasteiger partial charge in [0.1, 0.15) is 24.4 Å². The van der Waals surface area contributed by atoms with Crippen LogP contribution in [0.3, 0.4) is 0 Å². The van der Waals surface area contributed by atoms with E-state index in [0.29, 0.717) is 19.4 Å². The summed E-state index contributed by atoms with van der Waals surface area (Å²) in [5.41, 5.74) is 0. The van der Waals surface area contributed by atoms with Crippen LogP contribution in [0.15, 0.2) is 36.5 Å². The predicted octanol–water partition coefficient (Wildman–Crippen LogP) is 21.3. The molecule has 1 aliphatic heterocycles. The summed E-state index contributed by atoms with van der Waals surface area (Å²) in [4.78, 5) is 25.1. The Morgan fingerprint density at radius 2 is 0.703 bits per heavy atom. The second-order valence-electron chi connectivity index (χ2n) is 27.8. The molecule has 0 aliphatic carbocycles.